The molecule has 0 saturated heterocycles. The highest BCUT2D eigenvalue weighted by atomic mass is 16.3. The largest absolute Gasteiger partial charge is 0.393 e. The zero-order valence-electron chi connectivity index (χ0n) is 20.8. The van der Waals surface area contributed by atoms with Gasteiger partial charge >= 0.3 is 0 Å². The normalized spacial score (nSPS) is 52.6. The van der Waals surface area contributed by atoms with E-state index in [0.29, 0.717) is 31.6 Å². The summed E-state index contributed by atoms with van der Waals surface area (Å²) in [7, 11) is 0. The van der Waals surface area contributed by atoms with Crippen LogP contribution in [0.2, 0.25) is 0 Å². The number of aliphatic hydroxyl groups is 6. The Morgan fingerprint density at radius 3 is 2.45 bits per heavy atom. The first-order chi connectivity index (χ1) is 15.3. The van der Waals surface area contributed by atoms with E-state index in [1.165, 1.54) is 0 Å². The van der Waals surface area contributed by atoms with Crippen molar-refractivity contribution in [2.45, 2.75) is 109 Å². The van der Waals surface area contributed by atoms with Crippen LogP contribution in [0.1, 0.15) is 79.1 Å². The van der Waals surface area contributed by atoms with E-state index in [9.17, 15) is 30.6 Å². The summed E-state index contributed by atoms with van der Waals surface area (Å²) in [5.41, 5.74) is -2.88. The molecule has 0 aromatic heterocycles. The first kappa shape index (κ1) is 25.6. The SMILES string of the molecule is C[C@H](/C=C/C[C@@](C)(O)CO)[C@H]1C[C@@H](O)C2C3C[C@@H](O)[C@@]4(O)C[C@@H](O)CC[C@]4(C)C3CC[C@@]21C. The predicted octanol–water partition coefficient (Wildman–Crippen LogP) is 2.39. The van der Waals surface area contributed by atoms with Crippen molar-refractivity contribution in [3.05, 3.63) is 12.2 Å². The lowest BCUT2D eigenvalue weighted by Crippen LogP contribution is -2.69. The Kier molecular flexibility index (Phi) is 6.64. The molecule has 4 rings (SSSR count). The highest BCUT2D eigenvalue weighted by Gasteiger charge is 2.68. The summed E-state index contributed by atoms with van der Waals surface area (Å²) >= 11 is 0. The maximum Gasteiger partial charge on any atom is 0.0985 e. The van der Waals surface area contributed by atoms with Gasteiger partial charge in [-0.05, 0) is 86.9 Å². The molecule has 0 radical (unpaired) electrons. The van der Waals surface area contributed by atoms with Crippen LogP contribution in [0.15, 0.2) is 12.2 Å². The van der Waals surface area contributed by atoms with Crippen molar-refractivity contribution in [1.82, 2.24) is 0 Å². The summed E-state index contributed by atoms with van der Waals surface area (Å²) in [5.74, 6) is 1.00. The number of rotatable bonds is 5. The van der Waals surface area contributed by atoms with Gasteiger partial charge < -0.3 is 30.6 Å². The lowest BCUT2D eigenvalue weighted by molar-refractivity contribution is -0.268. The van der Waals surface area contributed by atoms with Crippen molar-refractivity contribution in [3.8, 4) is 0 Å². The van der Waals surface area contributed by atoms with E-state index in [1.807, 2.05) is 6.08 Å². The molecule has 0 amide bonds. The number of aliphatic hydroxyl groups excluding tert-OH is 4. The van der Waals surface area contributed by atoms with Gasteiger partial charge in [0.15, 0.2) is 0 Å². The van der Waals surface area contributed by atoms with Crippen molar-refractivity contribution < 1.29 is 30.6 Å². The lowest BCUT2D eigenvalue weighted by atomic mass is 9.42. The van der Waals surface area contributed by atoms with Crippen LogP contribution < -0.4 is 0 Å². The maximum atomic E-state index is 11.6. The molecule has 0 bridgehead atoms. The van der Waals surface area contributed by atoms with Crippen LogP contribution in [0, 0.1) is 40.4 Å². The van der Waals surface area contributed by atoms with Crippen molar-refractivity contribution in [2.75, 3.05) is 6.61 Å². The molecular formula is C27H46O6. The van der Waals surface area contributed by atoms with Crippen LogP contribution in [0.5, 0.6) is 0 Å². The fourth-order valence-corrected chi connectivity index (χ4v) is 8.93. The second-order valence-electron chi connectivity index (χ2n) is 12.9. The first-order valence-corrected chi connectivity index (χ1v) is 13.1. The highest BCUT2D eigenvalue weighted by molar-refractivity contribution is 5.19. The molecule has 4 aliphatic carbocycles. The fraction of sp³-hybridized carbons (Fsp3) is 0.926. The minimum atomic E-state index is -1.26. The molecule has 4 aliphatic rings. The van der Waals surface area contributed by atoms with Crippen LogP contribution in [-0.2, 0) is 0 Å². The van der Waals surface area contributed by atoms with Crippen LogP contribution in [0.3, 0.4) is 0 Å². The van der Waals surface area contributed by atoms with E-state index in [1.54, 1.807) is 6.92 Å². The molecule has 33 heavy (non-hydrogen) atoms. The van der Waals surface area contributed by atoms with Gasteiger partial charge in [-0.1, -0.05) is 32.9 Å². The van der Waals surface area contributed by atoms with Gasteiger partial charge in [0.1, 0.15) is 0 Å². The van der Waals surface area contributed by atoms with E-state index in [2.05, 4.69) is 26.8 Å². The summed E-state index contributed by atoms with van der Waals surface area (Å²) < 4.78 is 0. The molecule has 12 atom stereocenters. The quantitative estimate of drug-likeness (QED) is 0.346. The molecule has 0 aliphatic heterocycles. The van der Waals surface area contributed by atoms with Gasteiger partial charge in [0.25, 0.3) is 0 Å². The second kappa shape index (κ2) is 8.56. The Labute approximate surface area is 198 Å². The van der Waals surface area contributed by atoms with Crippen molar-refractivity contribution in [2.24, 2.45) is 40.4 Å². The molecule has 3 unspecified atom stereocenters. The van der Waals surface area contributed by atoms with Gasteiger partial charge in [-0.15, -0.1) is 0 Å². The van der Waals surface area contributed by atoms with E-state index in [4.69, 9.17) is 0 Å². The van der Waals surface area contributed by atoms with Crippen LogP contribution in [0.4, 0.5) is 0 Å². The topological polar surface area (TPSA) is 121 Å². The third-order valence-electron chi connectivity index (χ3n) is 10.9. The Balaban J connectivity index is 1.58. The summed E-state index contributed by atoms with van der Waals surface area (Å²) in [5, 5.41) is 63.8. The molecule has 190 valence electrons. The van der Waals surface area contributed by atoms with Gasteiger partial charge in [0.05, 0.1) is 36.1 Å². The van der Waals surface area contributed by atoms with Crippen LogP contribution in [0.25, 0.3) is 0 Å². The molecule has 6 nitrogen and oxygen atoms in total. The molecule has 4 saturated carbocycles. The standard InChI is InChI=1S/C27H46O6/c1-16(6-5-9-24(2,32)15-28)20-13-21(30)23-18-12-22(31)27(33)14-17(29)7-11-26(27,4)19(18)8-10-25(20,23)3/h5-6,16-23,28-33H,7-15H2,1-4H3/b6-5+/t16-,17+,18?,19?,20-,21-,22-,23?,24-,25-,26-,27+/m1/s1. The predicted molar refractivity (Wildman–Crippen MR) is 126 cm³/mol. The summed E-state index contributed by atoms with van der Waals surface area (Å²) in [6.45, 7) is 7.95. The van der Waals surface area contributed by atoms with Crippen molar-refractivity contribution in [1.29, 1.82) is 0 Å². The molecule has 0 heterocycles. The number of hydrogen-bond donors (Lipinski definition) is 6. The van der Waals surface area contributed by atoms with Gasteiger partial charge in [0, 0.05) is 11.8 Å². The maximum absolute atomic E-state index is 11.6. The van der Waals surface area contributed by atoms with E-state index >= 15 is 0 Å². The molecule has 4 fully saturated rings. The minimum Gasteiger partial charge on any atom is -0.393 e. The van der Waals surface area contributed by atoms with E-state index < -0.39 is 34.9 Å². The van der Waals surface area contributed by atoms with Gasteiger partial charge in [0.2, 0.25) is 0 Å². The van der Waals surface area contributed by atoms with E-state index in [-0.39, 0.29) is 42.1 Å². The van der Waals surface area contributed by atoms with Crippen LogP contribution in [-0.4, -0.2) is 66.8 Å². The zero-order valence-corrected chi connectivity index (χ0v) is 20.8. The van der Waals surface area contributed by atoms with Gasteiger partial charge in [-0.2, -0.15) is 0 Å². The lowest BCUT2D eigenvalue weighted by Gasteiger charge is -2.65. The Morgan fingerprint density at radius 2 is 1.79 bits per heavy atom. The fourth-order valence-electron chi connectivity index (χ4n) is 8.93. The summed E-state index contributed by atoms with van der Waals surface area (Å²) in [6, 6.07) is 0. The summed E-state index contributed by atoms with van der Waals surface area (Å²) in [6.07, 6.45) is 7.35. The zero-order chi connectivity index (χ0) is 24.4. The Bertz CT molecular complexity index is 753. The first-order valence-electron chi connectivity index (χ1n) is 13.1. The molecular weight excluding hydrogens is 420 g/mol. The van der Waals surface area contributed by atoms with Crippen molar-refractivity contribution >= 4 is 0 Å². The Morgan fingerprint density at radius 1 is 1.09 bits per heavy atom. The monoisotopic (exact) mass is 466 g/mol. The molecule has 0 spiro atoms. The van der Waals surface area contributed by atoms with Gasteiger partial charge in [-0.3, -0.25) is 0 Å². The minimum absolute atomic E-state index is 0.0520. The highest BCUT2D eigenvalue weighted by Crippen LogP contribution is 2.69. The van der Waals surface area contributed by atoms with Gasteiger partial charge in [-0.25, -0.2) is 0 Å². The molecule has 6 N–H and O–H groups in total. The molecule has 0 aromatic carbocycles. The molecule has 6 heteroatoms. The Hall–Kier alpha value is -0.500. The average molecular weight is 467 g/mol. The van der Waals surface area contributed by atoms with E-state index in [0.717, 1.165) is 19.3 Å². The second-order valence-corrected chi connectivity index (χ2v) is 12.9. The van der Waals surface area contributed by atoms with Crippen LogP contribution >= 0.6 is 0 Å². The average Bonchev–Trinajstić information content (AvgIpc) is 3.01. The molecule has 0 aromatic rings. The number of fused-ring (bicyclic) bond motifs is 5. The van der Waals surface area contributed by atoms with Crippen molar-refractivity contribution in [3.63, 3.8) is 0 Å². The third kappa shape index (κ3) is 3.93. The smallest absolute Gasteiger partial charge is 0.0985 e. The summed E-state index contributed by atoms with van der Waals surface area (Å²) in [4.78, 5) is 0. The third-order valence-corrected chi connectivity index (χ3v) is 10.9. The number of allylic oxidation sites excluding steroid dienone is 1. The number of hydrogen-bond acceptors (Lipinski definition) is 6.